The molecule has 2 aromatic carbocycles. The second kappa shape index (κ2) is 6.77. The summed E-state index contributed by atoms with van der Waals surface area (Å²) < 4.78 is 10.7. The van der Waals surface area contributed by atoms with Gasteiger partial charge in [0.2, 0.25) is 0 Å². The van der Waals surface area contributed by atoms with Crippen molar-refractivity contribution in [2.75, 3.05) is 0 Å². The van der Waals surface area contributed by atoms with Gasteiger partial charge in [-0.15, -0.1) is 0 Å². The number of phenols is 1. The molecule has 0 amide bonds. The summed E-state index contributed by atoms with van der Waals surface area (Å²) in [6.45, 7) is 1.43. The Labute approximate surface area is 136 Å². The van der Waals surface area contributed by atoms with Crippen LogP contribution in [0.1, 0.15) is 6.92 Å². The van der Waals surface area contributed by atoms with Gasteiger partial charge in [0.1, 0.15) is 11.5 Å². The van der Waals surface area contributed by atoms with E-state index in [1.54, 1.807) is 24.3 Å². The fraction of sp³-hybridized carbons (Fsp3) is 0.133. The second-order valence-corrected chi connectivity index (χ2v) is 5.25. The molecule has 0 heterocycles. The number of benzene rings is 2. The zero-order valence-corrected chi connectivity index (χ0v) is 12.9. The minimum atomic E-state index is -1.06. The molecule has 1 atom stereocenters. The quantitative estimate of drug-likeness (QED) is 0.844. The first kappa shape index (κ1) is 16.3. The summed E-state index contributed by atoms with van der Waals surface area (Å²) in [6, 6.07) is 8.99. The van der Waals surface area contributed by atoms with E-state index in [4.69, 9.17) is 37.8 Å². The van der Waals surface area contributed by atoms with Crippen LogP contribution in [0.5, 0.6) is 23.0 Å². The van der Waals surface area contributed by atoms with Crippen LogP contribution in [0.25, 0.3) is 0 Å². The van der Waals surface area contributed by atoms with Crippen LogP contribution in [-0.2, 0) is 4.79 Å². The second-order valence-electron chi connectivity index (χ2n) is 4.41. The summed E-state index contributed by atoms with van der Waals surface area (Å²) in [5.41, 5.74) is 0. The van der Waals surface area contributed by atoms with Crippen LogP contribution in [0, 0.1) is 0 Å². The Morgan fingerprint density at radius 3 is 2.27 bits per heavy atom. The molecule has 1 unspecified atom stereocenters. The lowest BCUT2D eigenvalue weighted by Gasteiger charge is -2.12. The fourth-order valence-electron chi connectivity index (χ4n) is 1.61. The van der Waals surface area contributed by atoms with Gasteiger partial charge in [0.25, 0.3) is 0 Å². The van der Waals surface area contributed by atoms with Gasteiger partial charge < -0.3 is 19.7 Å². The fourth-order valence-corrected chi connectivity index (χ4v) is 2.13. The molecule has 0 saturated carbocycles. The lowest BCUT2D eigenvalue weighted by atomic mass is 10.3. The Morgan fingerprint density at radius 2 is 1.73 bits per heavy atom. The first-order valence-electron chi connectivity index (χ1n) is 6.22. The molecule has 2 rings (SSSR count). The Morgan fingerprint density at radius 1 is 1.14 bits per heavy atom. The van der Waals surface area contributed by atoms with Crippen LogP contribution in [-0.4, -0.2) is 22.3 Å². The molecule has 0 aromatic heterocycles. The maximum Gasteiger partial charge on any atom is 0.344 e. The largest absolute Gasteiger partial charge is 0.504 e. The molecule has 0 saturated heterocycles. The van der Waals surface area contributed by atoms with Crippen LogP contribution in [0.15, 0.2) is 36.4 Å². The number of aromatic hydroxyl groups is 1. The van der Waals surface area contributed by atoms with Gasteiger partial charge >= 0.3 is 5.97 Å². The summed E-state index contributed by atoms with van der Waals surface area (Å²) in [5.74, 6) is -0.377. The van der Waals surface area contributed by atoms with Gasteiger partial charge in [-0.05, 0) is 37.3 Å². The summed E-state index contributed by atoms with van der Waals surface area (Å²) in [7, 11) is 0. The minimum Gasteiger partial charge on any atom is -0.504 e. The summed E-state index contributed by atoms with van der Waals surface area (Å²) in [5, 5.41) is 19.0. The first-order chi connectivity index (χ1) is 10.4. The predicted molar refractivity (Wildman–Crippen MR) is 82.4 cm³/mol. The van der Waals surface area contributed by atoms with Gasteiger partial charge in [0.15, 0.2) is 17.6 Å². The van der Waals surface area contributed by atoms with E-state index in [0.29, 0.717) is 16.5 Å². The maximum absolute atomic E-state index is 10.7. The topological polar surface area (TPSA) is 76.0 Å². The molecule has 7 heteroatoms. The number of carbonyl (C=O) groups is 1. The van der Waals surface area contributed by atoms with Gasteiger partial charge in [0, 0.05) is 11.1 Å². The smallest absolute Gasteiger partial charge is 0.344 e. The number of rotatable bonds is 5. The number of aliphatic carboxylic acids is 1. The van der Waals surface area contributed by atoms with Crippen molar-refractivity contribution in [1.82, 2.24) is 0 Å². The monoisotopic (exact) mass is 342 g/mol. The molecule has 5 nitrogen and oxygen atoms in total. The summed E-state index contributed by atoms with van der Waals surface area (Å²) >= 11 is 11.7. The van der Waals surface area contributed by atoms with E-state index in [1.165, 1.54) is 19.1 Å². The summed E-state index contributed by atoms with van der Waals surface area (Å²) in [4.78, 5) is 10.7. The van der Waals surface area contributed by atoms with Crippen molar-refractivity contribution in [1.29, 1.82) is 0 Å². The molecule has 22 heavy (non-hydrogen) atoms. The predicted octanol–water partition coefficient (Wildman–Crippen LogP) is 4.34. The molecule has 0 radical (unpaired) electrons. The van der Waals surface area contributed by atoms with Crippen molar-refractivity contribution in [2.24, 2.45) is 0 Å². The lowest BCUT2D eigenvalue weighted by Crippen LogP contribution is -2.22. The third-order valence-corrected chi connectivity index (χ3v) is 3.19. The van der Waals surface area contributed by atoms with E-state index in [2.05, 4.69) is 0 Å². The molecule has 0 fully saturated rings. The number of ether oxygens (including phenoxy) is 2. The van der Waals surface area contributed by atoms with E-state index < -0.39 is 12.1 Å². The first-order valence-corrected chi connectivity index (χ1v) is 6.98. The molecular formula is C15H12Cl2O5. The van der Waals surface area contributed by atoms with Gasteiger partial charge in [0.05, 0.1) is 5.02 Å². The Kier molecular flexibility index (Phi) is 5.00. The van der Waals surface area contributed by atoms with Crippen LogP contribution < -0.4 is 9.47 Å². The standard InChI is InChI=1S/C15H12Cl2O5/c1-8(15(19)20)21-10-2-4-11(5-3-10)22-14-12(17)6-9(16)7-13(14)18/h2-8,18H,1H3,(H,19,20). The van der Waals surface area contributed by atoms with Crippen molar-refractivity contribution in [2.45, 2.75) is 13.0 Å². The van der Waals surface area contributed by atoms with Crippen molar-refractivity contribution in [3.05, 3.63) is 46.4 Å². The highest BCUT2D eigenvalue weighted by Crippen LogP contribution is 2.40. The summed E-state index contributed by atoms with van der Waals surface area (Å²) in [6.07, 6.45) is -0.957. The number of hydrogen-bond donors (Lipinski definition) is 2. The highest BCUT2D eigenvalue weighted by Gasteiger charge is 2.13. The van der Waals surface area contributed by atoms with Crippen molar-refractivity contribution in [3.63, 3.8) is 0 Å². The molecule has 0 aliphatic carbocycles. The Bertz CT molecular complexity index is 662. The SMILES string of the molecule is CC(Oc1ccc(Oc2c(O)cc(Cl)cc2Cl)cc1)C(=O)O. The molecule has 116 valence electrons. The van der Waals surface area contributed by atoms with Crippen LogP contribution in [0.2, 0.25) is 10.0 Å². The molecule has 0 aliphatic heterocycles. The lowest BCUT2D eigenvalue weighted by molar-refractivity contribution is -0.144. The molecule has 0 bridgehead atoms. The highest BCUT2D eigenvalue weighted by atomic mass is 35.5. The third kappa shape index (κ3) is 3.96. The number of halogens is 2. The molecule has 0 aliphatic rings. The number of hydrogen-bond acceptors (Lipinski definition) is 4. The van der Waals surface area contributed by atoms with Gasteiger partial charge in [-0.2, -0.15) is 0 Å². The molecule has 2 aromatic rings. The molecular weight excluding hydrogens is 331 g/mol. The van der Waals surface area contributed by atoms with Crippen LogP contribution in [0.4, 0.5) is 0 Å². The van der Waals surface area contributed by atoms with Gasteiger partial charge in [-0.3, -0.25) is 0 Å². The number of carboxylic acid groups (broad SMARTS) is 1. The van der Waals surface area contributed by atoms with E-state index in [-0.39, 0.29) is 16.5 Å². The average Bonchev–Trinajstić information content (AvgIpc) is 2.44. The maximum atomic E-state index is 10.7. The average molecular weight is 343 g/mol. The highest BCUT2D eigenvalue weighted by molar-refractivity contribution is 6.35. The van der Waals surface area contributed by atoms with E-state index in [1.807, 2.05) is 0 Å². The van der Waals surface area contributed by atoms with Crippen molar-refractivity contribution in [3.8, 4) is 23.0 Å². The Hall–Kier alpha value is -2.11. The molecule has 2 N–H and O–H groups in total. The van der Waals surface area contributed by atoms with Crippen molar-refractivity contribution >= 4 is 29.2 Å². The molecule has 0 spiro atoms. The normalized spacial score (nSPS) is 11.8. The van der Waals surface area contributed by atoms with Crippen LogP contribution in [0.3, 0.4) is 0 Å². The minimum absolute atomic E-state index is 0.0821. The van der Waals surface area contributed by atoms with Crippen molar-refractivity contribution < 1.29 is 24.5 Å². The Balaban J connectivity index is 2.14. The van der Waals surface area contributed by atoms with E-state index in [9.17, 15) is 9.90 Å². The third-order valence-electron chi connectivity index (χ3n) is 2.69. The number of phenolic OH excluding ortho intramolecular Hbond substituents is 1. The zero-order valence-electron chi connectivity index (χ0n) is 11.4. The zero-order chi connectivity index (χ0) is 16.3. The van der Waals surface area contributed by atoms with Gasteiger partial charge in [-0.25, -0.2) is 4.79 Å². The van der Waals surface area contributed by atoms with E-state index in [0.717, 1.165) is 0 Å². The number of carboxylic acids is 1. The van der Waals surface area contributed by atoms with E-state index >= 15 is 0 Å². The van der Waals surface area contributed by atoms with Crippen LogP contribution >= 0.6 is 23.2 Å². The van der Waals surface area contributed by atoms with Gasteiger partial charge in [-0.1, -0.05) is 23.2 Å².